The molecule has 2 amide bonds. The minimum atomic E-state index is -0.414. The first-order valence-electron chi connectivity index (χ1n) is 10.5. The van der Waals surface area contributed by atoms with Gasteiger partial charge >= 0.3 is 0 Å². The summed E-state index contributed by atoms with van der Waals surface area (Å²) in [6, 6.07) is 14.7. The first-order chi connectivity index (χ1) is 15.0. The maximum atomic E-state index is 12.9. The highest BCUT2D eigenvalue weighted by atomic mass is 16.5. The Hall–Kier alpha value is -3.32. The van der Waals surface area contributed by atoms with Crippen LogP contribution >= 0.6 is 0 Å². The summed E-state index contributed by atoms with van der Waals surface area (Å²) in [5.74, 6) is 0.0831. The average Bonchev–Trinajstić information content (AvgIpc) is 2.82. The van der Waals surface area contributed by atoms with Crippen LogP contribution < -0.4 is 5.32 Å². The van der Waals surface area contributed by atoms with Crippen LogP contribution in [-0.2, 0) is 4.74 Å². The molecule has 31 heavy (non-hydrogen) atoms. The number of benzene rings is 1. The summed E-state index contributed by atoms with van der Waals surface area (Å²) in [4.78, 5) is 36.4. The number of rotatable bonds is 5. The summed E-state index contributed by atoms with van der Waals surface area (Å²) in [7, 11) is 0. The molecule has 1 atom stereocenters. The number of carbonyl (C=O) groups excluding carboxylic acids is 2. The predicted octanol–water partition coefficient (Wildman–Crippen LogP) is 3.23. The zero-order chi connectivity index (χ0) is 21.8. The lowest BCUT2D eigenvalue weighted by Gasteiger charge is -2.32. The van der Waals surface area contributed by atoms with Crippen LogP contribution in [0, 0.1) is 5.92 Å². The maximum Gasteiger partial charge on any atom is 0.272 e. The van der Waals surface area contributed by atoms with E-state index in [0.717, 1.165) is 10.9 Å². The highest BCUT2D eigenvalue weighted by Crippen LogP contribution is 2.26. The summed E-state index contributed by atoms with van der Waals surface area (Å²) in [5.41, 5.74) is 2.35. The number of hydrogen-bond acceptors (Lipinski definition) is 5. The summed E-state index contributed by atoms with van der Waals surface area (Å²) >= 11 is 0. The molecule has 0 saturated carbocycles. The van der Waals surface area contributed by atoms with Gasteiger partial charge in [0.2, 0.25) is 0 Å². The fourth-order valence-corrected chi connectivity index (χ4v) is 3.60. The van der Waals surface area contributed by atoms with Crippen molar-refractivity contribution < 1.29 is 14.3 Å². The van der Waals surface area contributed by atoms with E-state index in [2.05, 4.69) is 24.1 Å². The number of fused-ring (bicyclic) bond motifs is 1. The van der Waals surface area contributed by atoms with E-state index in [1.165, 1.54) is 0 Å². The van der Waals surface area contributed by atoms with Crippen LogP contribution in [0.1, 0.15) is 46.5 Å². The number of hydrogen-bond donors (Lipinski definition) is 1. The van der Waals surface area contributed by atoms with E-state index in [9.17, 15) is 9.59 Å². The van der Waals surface area contributed by atoms with Gasteiger partial charge < -0.3 is 15.0 Å². The van der Waals surface area contributed by atoms with E-state index >= 15 is 0 Å². The van der Waals surface area contributed by atoms with Crippen molar-refractivity contribution >= 4 is 22.7 Å². The molecule has 1 aliphatic rings. The molecule has 160 valence electrons. The number of nitrogens with zero attached hydrogens (tertiary/aromatic N) is 3. The number of carbonyl (C=O) groups is 2. The Morgan fingerprint density at radius 1 is 1.19 bits per heavy atom. The number of morpholine rings is 1. The molecule has 0 radical (unpaired) electrons. The van der Waals surface area contributed by atoms with Crippen LogP contribution in [0.15, 0.2) is 54.7 Å². The first kappa shape index (κ1) is 20.9. The Bertz CT molecular complexity index is 1080. The number of aromatic nitrogens is 2. The summed E-state index contributed by atoms with van der Waals surface area (Å²) in [5, 5.41) is 3.78. The topological polar surface area (TPSA) is 84.4 Å². The van der Waals surface area contributed by atoms with Crippen LogP contribution in [-0.4, -0.2) is 52.9 Å². The molecule has 1 N–H and O–H groups in total. The summed E-state index contributed by atoms with van der Waals surface area (Å²) in [6.45, 7) is 5.94. The van der Waals surface area contributed by atoms with Crippen LogP contribution in [0.2, 0.25) is 0 Å². The van der Waals surface area contributed by atoms with Gasteiger partial charge in [-0.15, -0.1) is 0 Å². The van der Waals surface area contributed by atoms with E-state index < -0.39 is 6.10 Å². The van der Waals surface area contributed by atoms with Gasteiger partial charge in [0.1, 0.15) is 11.8 Å². The lowest BCUT2D eigenvalue weighted by Crippen LogP contribution is -2.42. The highest BCUT2D eigenvalue weighted by Gasteiger charge is 2.28. The maximum absolute atomic E-state index is 12.9. The third-order valence-electron chi connectivity index (χ3n) is 5.22. The molecule has 7 nitrogen and oxygen atoms in total. The first-order valence-corrected chi connectivity index (χ1v) is 10.5. The molecule has 0 spiro atoms. The Morgan fingerprint density at radius 3 is 2.77 bits per heavy atom. The van der Waals surface area contributed by atoms with Gasteiger partial charge in [0.05, 0.1) is 29.9 Å². The van der Waals surface area contributed by atoms with Crippen molar-refractivity contribution in [3.8, 4) is 0 Å². The molecule has 1 aromatic carbocycles. The van der Waals surface area contributed by atoms with Gasteiger partial charge in [-0.05, 0) is 30.2 Å². The molecule has 0 bridgehead atoms. The van der Waals surface area contributed by atoms with Crippen molar-refractivity contribution in [2.45, 2.75) is 20.0 Å². The summed E-state index contributed by atoms with van der Waals surface area (Å²) in [6.07, 6.45) is 1.20. The number of ether oxygens (including phenoxy) is 1. The van der Waals surface area contributed by atoms with Crippen molar-refractivity contribution in [1.29, 1.82) is 0 Å². The largest absolute Gasteiger partial charge is 0.368 e. The standard InChI is InChI=1S/C24H26N4O3/c1-16(2)14-26-23(29)18-13-21(27-19-8-4-3-7-17(18)19)22-15-28(11-12-31-22)24(30)20-9-5-6-10-25-20/h3-10,13,16,22H,11-12,14-15H2,1-2H3,(H,26,29)/t22-/m0/s1. The third-order valence-corrected chi connectivity index (χ3v) is 5.22. The fraction of sp³-hybridized carbons (Fsp3) is 0.333. The van der Waals surface area contributed by atoms with Crippen LogP contribution in [0.3, 0.4) is 0 Å². The van der Waals surface area contributed by atoms with Gasteiger partial charge in [0, 0.05) is 24.7 Å². The lowest BCUT2D eigenvalue weighted by molar-refractivity contribution is -0.0248. The molecule has 4 rings (SSSR count). The monoisotopic (exact) mass is 418 g/mol. The van der Waals surface area contributed by atoms with Crippen molar-refractivity contribution in [2.24, 2.45) is 5.92 Å². The van der Waals surface area contributed by atoms with Gasteiger partial charge in [-0.25, -0.2) is 4.98 Å². The summed E-state index contributed by atoms with van der Waals surface area (Å²) < 4.78 is 5.95. The zero-order valence-electron chi connectivity index (χ0n) is 17.7. The number of para-hydroxylation sites is 1. The number of nitrogens with one attached hydrogen (secondary N) is 1. The Morgan fingerprint density at radius 2 is 2.00 bits per heavy atom. The molecule has 3 heterocycles. The van der Waals surface area contributed by atoms with Crippen molar-refractivity contribution in [3.05, 3.63) is 71.7 Å². The quantitative estimate of drug-likeness (QED) is 0.688. The van der Waals surface area contributed by atoms with E-state index in [0.29, 0.717) is 49.1 Å². The average molecular weight is 418 g/mol. The predicted molar refractivity (Wildman–Crippen MR) is 118 cm³/mol. The second-order valence-electron chi connectivity index (χ2n) is 8.04. The molecular weight excluding hydrogens is 392 g/mol. The van der Waals surface area contributed by atoms with E-state index in [-0.39, 0.29) is 11.8 Å². The highest BCUT2D eigenvalue weighted by molar-refractivity contribution is 6.06. The molecular formula is C24H26N4O3. The molecule has 1 aliphatic heterocycles. The second-order valence-corrected chi connectivity index (χ2v) is 8.04. The normalized spacial score (nSPS) is 16.5. The second kappa shape index (κ2) is 9.22. The Labute approximate surface area is 181 Å². The van der Waals surface area contributed by atoms with Crippen molar-refractivity contribution in [3.63, 3.8) is 0 Å². The minimum Gasteiger partial charge on any atom is -0.368 e. The smallest absolute Gasteiger partial charge is 0.272 e. The minimum absolute atomic E-state index is 0.134. The molecule has 7 heteroatoms. The molecule has 1 saturated heterocycles. The van der Waals surface area contributed by atoms with Gasteiger partial charge in [-0.3, -0.25) is 14.6 Å². The van der Waals surface area contributed by atoms with Crippen molar-refractivity contribution in [2.75, 3.05) is 26.2 Å². The Kier molecular flexibility index (Phi) is 6.23. The fourth-order valence-electron chi connectivity index (χ4n) is 3.60. The lowest BCUT2D eigenvalue weighted by atomic mass is 10.0. The molecule has 2 aromatic heterocycles. The molecule has 3 aromatic rings. The van der Waals surface area contributed by atoms with Gasteiger partial charge in [0.15, 0.2) is 0 Å². The van der Waals surface area contributed by atoms with Crippen LogP contribution in [0.25, 0.3) is 10.9 Å². The van der Waals surface area contributed by atoms with Crippen LogP contribution in [0.4, 0.5) is 0 Å². The number of amides is 2. The number of pyridine rings is 2. The Balaban J connectivity index is 1.62. The third kappa shape index (κ3) is 4.72. The molecule has 0 unspecified atom stereocenters. The van der Waals surface area contributed by atoms with E-state index in [1.54, 1.807) is 35.4 Å². The van der Waals surface area contributed by atoms with Gasteiger partial charge in [-0.2, -0.15) is 0 Å². The zero-order valence-corrected chi connectivity index (χ0v) is 17.7. The van der Waals surface area contributed by atoms with E-state index in [1.807, 2.05) is 24.3 Å². The molecule has 1 fully saturated rings. The van der Waals surface area contributed by atoms with Crippen molar-refractivity contribution in [1.82, 2.24) is 20.2 Å². The van der Waals surface area contributed by atoms with E-state index in [4.69, 9.17) is 9.72 Å². The van der Waals surface area contributed by atoms with Gasteiger partial charge in [-0.1, -0.05) is 38.1 Å². The SMILES string of the molecule is CC(C)CNC(=O)c1cc([C@@H]2CN(C(=O)c3ccccn3)CCO2)nc2ccccc12. The molecule has 0 aliphatic carbocycles. The van der Waals surface area contributed by atoms with Crippen LogP contribution in [0.5, 0.6) is 0 Å². The van der Waals surface area contributed by atoms with Gasteiger partial charge in [0.25, 0.3) is 11.8 Å².